The van der Waals surface area contributed by atoms with E-state index in [1.54, 1.807) is 0 Å². The summed E-state index contributed by atoms with van der Waals surface area (Å²) in [5.74, 6) is 1.37. The summed E-state index contributed by atoms with van der Waals surface area (Å²) in [6.07, 6.45) is 1.28. The van der Waals surface area contributed by atoms with Gasteiger partial charge in [-0.3, -0.25) is 4.90 Å². The van der Waals surface area contributed by atoms with Gasteiger partial charge in [-0.15, -0.1) is 0 Å². The molecule has 1 aliphatic heterocycles. The maximum Gasteiger partial charge on any atom is 0.0233 e. The Morgan fingerprint density at radius 3 is 2.50 bits per heavy atom. The van der Waals surface area contributed by atoms with Crippen LogP contribution >= 0.6 is 0 Å². The first kappa shape index (κ1) is 15.5. The van der Waals surface area contributed by atoms with Crippen LogP contribution in [0.4, 0.5) is 0 Å². The van der Waals surface area contributed by atoms with E-state index in [0.717, 1.165) is 19.0 Å². The molecule has 2 rings (SSSR count). The van der Waals surface area contributed by atoms with Crippen LogP contribution in [-0.2, 0) is 6.54 Å². The Morgan fingerprint density at radius 1 is 1.25 bits per heavy atom. The Kier molecular flexibility index (Phi) is 5.62. The fourth-order valence-electron chi connectivity index (χ4n) is 3.21. The zero-order chi connectivity index (χ0) is 14.5. The SMILES string of the molecule is CCNC1CCN(Cc2ccc(C(C)C)cc2)CC1C. The molecule has 2 nitrogen and oxygen atoms in total. The third-order valence-corrected chi connectivity index (χ3v) is 4.51. The summed E-state index contributed by atoms with van der Waals surface area (Å²) in [6, 6.07) is 9.88. The average Bonchev–Trinajstić information content (AvgIpc) is 2.42. The first-order chi connectivity index (χ1) is 9.60. The minimum atomic E-state index is 0.625. The third-order valence-electron chi connectivity index (χ3n) is 4.51. The molecular weight excluding hydrogens is 244 g/mol. The van der Waals surface area contributed by atoms with Crippen molar-refractivity contribution in [2.45, 2.75) is 52.6 Å². The number of benzene rings is 1. The molecule has 2 atom stereocenters. The van der Waals surface area contributed by atoms with Crippen molar-refractivity contribution in [1.29, 1.82) is 0 Å². The van der Waals surface area contributed by atoms with Gasteiger partial charge in [-0.2, -0.15) is 0 Å². The summed E-state index contributed by atoms with van der Waals surface area (Å²) in [5.41, 5.74) is 2.89. The number of hydrogen-bond acceptors (Lipinski definition) is 2. The van der Waals surface area contributed by atoms with Crippen LogP contribution in [-0.4, -0.2) is 30.6 Å². The number of hydrogen-bond donors (Lipinski definition) is 1. The van der Waals surface area contributed by atoms with Crippen LogP contribution in [0.1, 0.15) is 51.2 Å². The number of nitrogens with zero attached hydrogens (tertiary/aromatic N) is 1. The Morgan fingerprint density at radius 2 is 1.95 bits per heavy atom. The summed E-state index contributed by atoms with van der Waals surface area (Å²) in [7, 11) is 0. The van der Waals surface area contributed by atoms with Crippen molar-refractivity contribution in [2.24, 2.45) is 5.92 Å². The highest BCUT2D eigenvalue weighted by Crippen LogP contribution is 2.20. The molecule has 0 amide bonds. The lowest BCUT2D eigenvalue weighted by molar-refractivity contribution is 0.142. The molecular formula is C18H30N2. The molecule has 1 saturated heterocycles. The number of piperidine rings is 1. The van der Waals surface area contributed by atoms with Gasteiger partial charge < -0.3 is 5.32 Å². The maximum atomic E-state index is 3.61. The normalized spacial score (nSPS) is 24.2. The highest BCUT2D eigenvalue weighted by Gasteiger charge is 2.24. The van der Waals surface area contributed by atoms with E-state index in [4.69, 9.17) is 0 Å². The van der Waals surface area contributed by atoms with Gasteiger partial charge in [-0.25, -0.2) is 0 Å². The van der Waals surface area contributed by atoms with Crippen LogP contribution in [0.25, 0.3) is 0 Å². The van der Waals surface area contributed by atoms with Gasteiger partial charge in [0.1, 0.15) is 0 Å². The van der Waals surface area contributed by atoms with Crippen LogP contribution in [0.15, 0.2) is 24.3 Å². The van der Waals surface area contributed by atoms with Crippen molar-refractivity contribution in [2.75, 3.05) is 19.6 Å². The van der Waals surface area contributed by atoms with Gasteiger partial charge >= 0.3 is 0 Å². The molecule has 1 aromatic rings. The standard InChI is InChI=1S/C18H30N2/c1-5-19-18-10-11-20(12-15(18)4)13-16-6-8-17(9-7-16)14(2)3/h6-9,14-15,18-19H,5,10-13H2,1-4H3. The van der Waals surface area contributed by atoms with Crippen molar-refractivity contribution >= 4 is 0 Å². The van der Waals surface area contributed by atoms with Crippen LogP contribution in [0.2, 0.25) is 0 Å². The smallest absolute Gasteiger partial charge is 0.0233 e. The van der Waals surface area contributed by atoms with Crippen LogP contribution in [0.3, 0.4) is 0 Å². The lowest BCUT2D eigenvalue weighted by Crippen LogP contribution is -2.47. The Balaban J connectivity index is 1.88. The molecule has 2 unspecified atom stereocenters. The number of rotatable bonds is 5. The number of nitrogens with one attached hydrogen (secondary N) is 1. The van der Waals surface area contributed by atoms with Crippen LogP contribution in [0, 0.1) is 5.92 Å². The molecule has 2 heteroatoms. The number of likely N-dealkylation sites (tertiary alicyclic amines) is 1. The summed E-state index contributed by atoms with van der Waals surface area (Å²) in [5, 5.41) is 3.61. The fourth-order valence-corrected chi connectivity index (χ4v) is 3.21. The van der Waals surface area contributed by atoms with Gasteiger partial charge in [-0.05, 0) is 42.5 Å². The Bertz CT molecular complexity index is 396. The molecule has 20 heavy (non-hydrogen) atoms. The highest BCUT2D eigenvalue weighted by molar-refractivity contribution is 5.24. The van der Waals surface area contributed by atoms with E-state index in [1.807, 2.05) is 0 Å². The predicted octanol–water partition coefficient (Wildman–Crippen LogP) is 3.63. The first-order valence-corrected chi connectivity index (χ1v) is 8.14. The summed E-state index contributed by atoms with van der Waals surface area (Å²) in [6.45, 7) is 13.7. The van der Waals surface area contributed by atoms with Gasteiger partial charge in [0, 0.05) is 19.1 Å². The fraction of sp³-hybridized carbons (Fsp3) is 0.667. The molecule has 0 aliphatic carbocycles. The Labute approximate surface area is 124 Å². The van der Waals surface area contributed by atoms with Crippen molar-refractivity contribution in [1.82, 2.24) is 10.2 Å². The second-order valence-corrected chi connectivity index (χ2v) is 6.56. The zero-order valence-electron chi connectivity index (χ0n) is 13.5. The van der Waals surface area contributed by atoms with Gasteiger partial charge in [0.2, 0.25) is 0 Å². The summed E-state index contributed by atoms with van der Waals surface area (Å²) in [4.78, 5) is 2.60. The molecule has 112 valence electrons. The van der Waals surface area contributed by atoms with E-state index in [0.29, 0.717) is 12.0 Å². The molecule has 1 fully saturated rings. The molecule has 0 saturated carbocycles. The minimum Gasteiger partial charge on any atom is -0.314 e. The molecule has 0 aromatic heterocycles. The molecule has 0 bridgehead atoms. The van der Waals surface area contributed by atoms with E-state index in [-0.39, 0.29) is 0 Å². The lowest BCUT2D eigenvalue weighted by Gasteiger charge is -2.37. The third kappa shape index (κ3) is 4.07. The second-order valence-electron chi connectivity index (χ2n) is 6.56. The topological polar surface area (TPSA) is 15.3 Å². The largest absolute Gasteiger partial charge is 0.314 e. The van der Waals surface area contributed by atoms with Gasteiger partial charge in [-0.1, -0.05) is 52.0 Å². The van der Waals surface area contributed by atoms with Crippen molar-refractivity contribution < 1.29 is 0 Å². The van der Waals surface area contributed by atoms with Crippen LogP contribution in [0.5, 0.6) is 0 Å². The van der Waals surface area contributed by atoms with Crippen LogP contribution < -0.4 is 5.32 Å². The molecule has 1 N–H and O–H groups in total. The van der Waals surface area contributed by atoms with E-state index < -0.39 is 0 Å². The monoisotopic (exact) mass is 274 g/mol. The van der Waals surface area contributed by atoms with E-state index in [2.05, 4.69) is 62.2 Å². The summed E-state index contributed by atoms with van der Waals surface area (Å²) < 4.78 is 0. The molecule has 1 aliphatic rings. The first-order valence-electron chi connectivity index (χ1n) is 8.14. The van der Waals surface area contributed by atoms with Gasteiger partial charge in [0.15, 0.2) is 0 Å². The zero-order valence-corrected chi connectivity index (χ0v) is 13.5. The molecule has 0 radical (unpaired) electrons. The molecule has 1 heterocycles. The average molecular weight is 274 g/mol. The minimum absolute atomic E-state index is 0.625. The van der Waals surface area contributed by atoms with Gasteiger partial charge in [0.25, 0.3) is 0 Å². The molecule has 1 aromatic carbocycles. The van der Waals surface area contributed by atoms with E-state index in [1.165, 1.54) is 30.6 Å². The maximum absolute atomic E-state index is 3.61. The van der Waals surface area contributed by atoms with Crippen molar-refractivity contribution in [3.63, 3.8) is 0 Å². The highest BCUT2D eigenvalue weighted by atomic mass is 15.1. The van der Waals surface area contributed by atoms with E-state index in [9.17, 15) is 0 Å². The summed E-state index contributed by atoms with van der Waals surface area (Å²) >= 11 is 0. The second kappa shape index (κ2) is 7.24. The Hall–Kier alpha value is -0.860. The molecule has 0 spiro atoms. The quantitative estimate of drug-likeness (QED) is 0.882. The lowest BCUT2D eigenvalue weighted by atomic mass is 9.93. The predicted molar refractivity (Wildman–Crippen MR) is 87.1 cm³/mol. The van der Waals surface area contributed by atoms with Crippen molar-refractivity contribution in [3.8, 4) is 0 Å². The van der Waals surface area contributed by atoms with Crippen molar-refractivity contribution in [3.05, 3.63) is 35.4 Å². The van der Waals surface area contributed by atoms with Gasteiger partial charge in [0.05, 0.1) is 0 Å². The van der Waals surface area contributed by atoms with E-state index >= 15 is 0 Å².